The number of rotatable bonds is 4. The zero-order valence-electron chi connectivity index (χ0n) is 15.7. The molecule has 4 rings (SSSR count). The first-order valence-corrected chi connectivity index (χ1v) is 9.97. The normalized spacial score (nSPS) is 18.4. The first-order valence-electron chi connectivity index (χ1n) is 9.97. The van der Waals surface area contributed by atoms with Crippen molar-refractivity contribution in [3.8, 4) is 0 Å². The lowest BCUT2D eigenvalue weighted by molar-refractivity contribution is 0.0922. The third-order valence-corrected chi connectivity index (χ3v) is 5.55. The molecule has 2 fully saturated rings. The minimum Gasteiger partial charge on any atom is -0.368 e. The van der Waals surface area contributed by atoms with Gasteiger partial charge >= 0.3 is 0 Å². The second-order valence-electron chi connectivity index (χ2n) is 7.38. The van der Waals surface area contributed by atoms with E-state index in [0.717, 1.165) is 44.8 Å². The van der Waals surface area contributed by atoms with Crippen LogP contribution in [0.5, 0.6) is 0 Å². The molecule has 2 heterocycles. The number of carbonyl (C=O) groups excluding carboxylic acids is 1. The molecule has 142 valence electrons. The smallest absolute Gasteiger partial charge is 0.270 e. The van der Waals surface area contributed by atoms with Gasteiger partial charge in [0.25, 0.3) is 5.91 Å². The number of carbonyl (C=O) groups is 1. The van der Waals surface area contributed by atoms with Crippen LogP contribution in [-0.4, -0.2) is 48.1 Å². The molecule has 1 aliphatic carbocycles. The molecule has 1 saturated carbocycles. The van der Waals surface area contributed by atoms with Gasteiger partial charge in [0, 0.05) is 44.0 Å². The first kappa shape index (κ1) is 17.8. The SMILES string of the molecule is O=C(NC1CCCCC1)c1cc(N2CCN(c3ccccc3)CC2)ncn1. The van der Waals surface area contributed by atoms with Crippen LogP contribution in [-0.2, 0) is 0 Å². The van der Waals surface area contributed by atoms with Crippen molar-refractivity contribution in [2.45, 2.75) is 38.1 Å². The second-order valence-corrected chi connectivity index (χ2v) is 7.38. The van der Waals surface area contributed by atoms with Gasteiger partial charge < -0.3 is 15.1 Å². The summed E-state index contributed by atoms with van der Waals surface area (Å²) in [5.74, 6) is 0.764. The topological polar surface area (TPSA) is 61.4 Å². The lowest BCUT2D eigenvalue weighted by atomic mass is 9.95. The number of nitrogens with one attached hydrogen (secondary N) is 1. The Balaban J connectivity index is 1.37. The van der Waals surface area contributed by atoms with Gasteiger partial charge in [0.15, 0.2) is 0 Å². The number of hydrogen-bond acceptors (Lipinski definition) is 5. The number of hydrogen-bond donors (Lipinski definition) is 1. The van der Waals surface area contributed by atoms with Gasteiger partial charge in [-0.15, -0.1) is 0 Å². The van der Waals surface area contributed by atoms with Crippen LogP contribution in [0.4, 0.5) is 11.5 Å². The van der Waals surface area contributed by atoms with Crippen molar-refractivity contribution in [1.82, 2.24) is 15.3 Å². The van der Waals surface area contributed by atoms with Crippen molar-refractivity contribution in [3.63, 3.8) is 0 Å². The van der Waals surface area contributed by atoms with Crippen LogP contribution in [0.1, 0.15) is 42.6 Å². The Bertz CT molecular complexity index is 752. The minimum atomic E-state index is -0.0755. The standard InChI is InChI=1S/C21H27N5O/c27-21(24-17-7-3-1-4-8-17)19-15-20(23-16-22-19)26-13-11-25(12-14-26)18-9-5-2-6-10-18/h2,5-6,9-10,15-17H,1,3-4,7-8,11-14H2,(H,24,27). The number of para-hydroxylation sites is 1. The van der Waals surface area contributed by atoms with E-state index in [1.54, 1.807) is 0 Å². The lowest BCUT2D eigenvalue weighted by Crippen LogP contribution is -2.47. The van der Waals surface area contributed by atoms with Crippen molar-refractivity contribution in [2.24, 2.45) is 0 Å². The number of aromatic nitrogens is 2. The summed E-state index contributed by atoms with van der Waals surface area (Å²) in [6.07, 6.45) is 7.33. The van der Waals surface area contributed by atoms with E-state index in [1.165, 1.54) is 31.3 Å². The molecule has 6 heteroatoms. The van der Waals surface area contributed by atoms with E-state index < -0.39 is 0 Å². The van der Waals surface area contributed by atoms with Gasteiger partial charge in [-0.2, -0.15) is 0 Å². The van der Waals surface area contributed by atoms with Crippen molar-refractivity contribution < 1.29 is 4.79 Å². The van der Waals surface area contributed by atoms with E-state index >= 15 is 0 Å². The molecule has 1 aliphatic heterocycles. The molecule has 0 unspecified atom stereocenters. The molecule has 2 aromatic rings. The molecule has 2 aliphatic rings. The fourth-order valence-electron chi connectivity index (χ4n) is 3.98. The minimum absolute atomic E-state index is 0.0755. The highest BCUT2D eigenvalue weighted by molar-refractivity contribution is 5.93. The van der Waals surface area contributed by atoms with Crippen molar-refractivity contribution in [3.05, 3.63) is 48.4 Å². The van der Waals surface area contributed by atoms with E-state index in [9.17, 15) is 4.79 Å². The molecule has 1 N–H and O–H groups in total. The summed E-state index contributed by atoms with van der Waals surface area (Å²) in [5, 5.41) is 3.14. The maximum Gasteiger partial charge on any atom is 0.270 e. The molecule has 1 amide bonds. The Kier molecular flexibility index (Phi) is 5.51. The van der Waals surface area contributed by atoms with E-state index in [-0.39, 0.29) is 5.91 Å². The Morgan fingerprint density at radius 1 is 0.926 bits per heavy atom. The van der Waals surface area contributed by atoms with E-state index in [2.05, 4.69) is 49.4 Å². The Hall–Kier alpha value is -2.63. The Labute approximate surface area is 160 Å². The zero-order valence-corrected chi connectivity index (χ0v) is 15.7. The monoisotopic (exact) mass is 365 g/mol. The van der Waals surface area contributed by atoms with Gasteiger partial charge in [-0.1, -0.05) is 37.5 Å². The van der Waals surface area contributed by atoms with Gasteiger partial charge in [-0.05, 0) is 25.0 Å². The molecule has 1 aromatic heterocycles. The largest absolute Gasteiger partial charge is 0.368 e. The summed E-state index contributed by atoms with van der Waals surface area (Å²) in [7, 11) is 0. The number of benzene rings is 1. The zero-order chi connectivity index (χ0) is 18.5. The molecule has 27 heavy (non-hydrogen) atoms. The fraction of sp³-hybridized carbons (Fsp3) is 0.476. The van der Waals surface area contributed by atoms with Crippen LogP contribution < -0.4 is 15.1 Å². The number of anilines is 2. The van der Waals surface area contributed by atoms with Crippen LogP contribution in [0.25, 0.3) is 0 Å². The first-order chi connectivity index (χ1) is 13.3. The third kappa shape index (κ3) is 4.38. The highest BCUT2D eigenvalue weighted by Gasteiger charge is 2.21. The number of amides is 1. The van der Waals surface area contributed by atoms with Crippen molar-refractivity contribution >= 4 is 17.4 Å². The van der Waals surface area contributed by atoms with E-state index in [4.69, 9.17) is 0 Å². The summed E-state index contributed by atoms with van der Waals surface area (Å²) in [5.41, 5.74) is 1.73. The summed E-state index contributed by atoms with van der Waals surface area (Å²) in [6, 6.07) is 12.6. The van der Waals surface area contributed by atoms with Crippen LogP contribution in [0, 0.1) is 0 Å². The highest BCUT2D eigenvalue weighted by atomic mass is 16.1. The predicted molar refractivity (Wildman–Crippen MR) is 107 cm³/mol. The molecular formula is C21H27N5O. The average Bonchev–Trinajstić information content (AvgIpc) is 2.75. The summed E-state index contributed by atoms with van der Waals surface area (Å²) >= 11 is 0. The lowest BCUT2D eigenvalue weighted by Gasteiger charge is -2.36. The van der Waals surface area contributed by atoms with Crippen LogP contribution in [0.2, 0.25) is 0 Å². The van der Waals surface area contributed by atoms with Gasteiger partial charge in [0.1, 0.15) is 17.8 Å². The van der Waals surface area contributed by atoms with Gasteiger partial charge in [0.2, 0.25) is 0 Å². The average molecular weight is 365 g/mol. The van der Waals surface area contributed by atoms with E-state index in [1.807, 2.05) is 12.1 Å². The number of piperazine rings is 1. The molecule has 0 bridgehead atoms. The Morgan fingerprint density at radius 3 is 2.37 bits per heavy atom. The molecular weight excluding hydrogens is 338 g/mol. The summed E-state index contributed by atoms with van der Waals surface area (Å²) in [6.45, 7) is 3.65. The molecule has 0 radical (unpaired) electrons. The summed E-state index contributed by atoms with van der Waals surface area (Å²) in [4.78, 5) is 25.8. The number of nitrogens with zero attached hydrogens (tertiary/aromatic N) is 4. The predicted octanol–water partition coefficient (Wildman–Crippen LogP) is 2.87. The summed E-state index contributed by atoms with van der Waals surface area (Å²) < 4.78 is 0. The van der Waals surface area contributed by atoms with Gasteiger partial charge in [-0.3, -0.25) is 4.79 Å². The molecule has 1 aromatic carbocycles. The van der Waals surface area contributed by atoms with Crippen LogP contribution in [0.15, 0.2) is 42.7 Å². The van der Waals surface area contributed by atoms with Crippen LogP contribution >= 0.6 is 0 Å². The maximum atomic E-state index is 12.6. The molecule has 0 spiro atoms. The molecule has 0 atom stereocenters. The molecule has 1 saturated heterocycles. The van der Waals surface area contributed by atoms with E-state index in [0.29, 0.717) is 11.7 Å². The van der Waals surface area contributed by atoms with Crippen molar-refractivity contribution in [2.75, 3.05) is 36.0 Å². The molecule has 6 nitrogen and oxygen atoms in total. The highest BCUT2D eigenvalue weighted by Crippen LogP contribution is 2.20. The third-order valence-electron chi connectivity index (χ3n) is 5.55. The fourth-order valence-corrected chi connectivity index (χ4v) is 3.98. The van der Waals surface area contributed by atoms with Gasteiger partial charge in [-0.25, -0.2) is 9.97 Å². The quantitative estimate of drug-likeness (QED) is 0.903. The maximum absolute atomic E-state index is 12.6. The Morgan fingerprint density at radius 2 is 1.63 bits per heavy atom. The second kappa shape index (κ2) is 8.37. The van der Waals surface area contributed by atoms with Gasteiger partial charge in [0.05, 0.1) is 0 Å². The van der Waals surface area contributed by atoms with Crippen molar-refractivity contribution in [1.29, 1.82) is 0 Å². The van der Waals surface area contributed by atoms with Crippen LogP contribution in [0.3, 0.4) is 0 Å².